The van der Waals surface area contributed by atoms with Crippen molar-refractivity contribution < 1.29 is 0 Å². The van der Waals surface area contributed by atoms with Gasteiger partial charge >= 0.3 is 0 Å². The van der Waals surface area contributed by atoms with Crippen molar-refractivity contribution >= 4 is 17.1 Å². The van der Waals surface area contributed by atoms with E-state index in [2.05, 4.69) is 71.3 Å². The Kier molecular flexibility index (Phi) is 3.72. The van der Waals surface area contributed by atoms with Crippen LogP contribution in [0.3, 0.4) is 0 Å². The number of anilines is 1. The van der Waals surface area contributed by atoms with Crippen LogP contribution in [0.5, 0.6) is 0 Å². The summed E-state index contributed by atoms with van der Waals surface area (Å²) in [6.45, 7) is 4.43. The molecule has 2 bridgehead atoms. The van der Waals surface area contributed by atoms with Gasteiger partial charge in [0.1, 0.15) is 0 Å². The number of nitrogens with one attached hydrogen (secondary N) is 2. The maximum atomic E-state index is 5.23. The predicted molar refractivity (Wildman–Crippen MR) is 118 cm³/mol. The van der Waals surface area contributed by atoms with Crippen molar-refractivity contribution in [3.05, 3.63) is 83.6 Å². The summed E-state index contributed by atoms with van der Waals surface area (Å²) < 4.78 is 0. The van der Waals surface area contributed by atoms with Crippen LogP contribution in [0, 0.1) is 5.92 Å². The largest absolute Gasteiger partial charge is 0.308 e. The van der Waals surface area contributed by atoms with E-state index in [0.29, 0.717) is 12.0 Å². The number of allylic oxidation sites excluding steroid dienone is 2. The fourth-order valence-electron chi connectivity index (χ4n) is 6.09. The van der Waals surface area contributed by atoms with Gasteiger partial charge in [0.25, 0.3) is 0 Å². The third kappa shape index (κ3) is 2.32. The van der Waals surface area contributed by atoms with Crippen LogP contribution in [0.1, 0.15) is 25.3 Å². The van der Waals surface area contributed by atoms with Gasteiger partial charge in [0.15, 0.2) is 0 Å². The Bertz CT molecular complexity index is 1050. The molecular weight excluding hydrogens is 356 g/mol. The van der Waals surface area contributed by atoms with Crippen molar-refractivity contribution in [2.75, 3.05) is 18.5 Å². The van der Waals surface area contributed by atoms with Crippen molar-refractivity contribution in [2.45, 2.75) is 31.2 Å². The summed E-state index contributed by atoms with van der Waals surface area (Å²) in [5, 5.41) is 0. The second-order valence-electron chi connectivity index (χ2n) is 8.57. The molecule has 1 spiro atoms. The maximum Gasteiger partial charge on any atom is 0.0675 e. The van der Waals surface area contributed by atoms with Gasteiger partial charge < -0.3 is 10.9 Å². The number of hydrogen-bond donors (Lipinski definition) is 2. The lowest BCUT2D eigenvalue weighted by Crippen LogP contribution is -2.56. The van der Waals surface area contributed by atoms with Crippen LogP contribution >= 0.6 is 0 Å². The SMILES string of the molecule is C/C=C1\CN2CCC34C(=Nc5ccccc53)/C(=C\NNc3ccccc3)[C@H]1C[C@H]24. The van der Waals surface area contributed by atoms with Crippen LogP contribution in [0.2, 0.25) is 0 Å². The van der Waals surface area contributed by atoms with Gasteiger partial charge in [0.2, 0.25) is 0 Å². The van der Waals surface area contributed by atoms with Crippen molar-refractivity contribution in [1.29, 1.82) is 0 Å². The number of benzene rings is 2. The molecule has 3 heterocycles. The molecule has 146 valence electrons. The highest BCUT2D eigenvalue weighted by Crippen LogP contribution is 2.59. The van der Waals surface area contributed by atoms with Crippen LogP contribution in [0.15, 0.2) is 83.0 Å². The van der Waals surface area contributed by atoms with Crippen LogP contribution in [0.4, 0.5) is 11.4 Å². The van der Waals surface area contributed by atoms with Gasteiger partial charge in [-0.05, 0) is 49.1 Å². The second kappa shape index (κ2) is 6.33. The van der Waals surface area contributed by atoms with E-state index in [1.165, 1.54) is 41.0 Å². The molecule has 2 N–H and O–H groups in total. The third-order valence-corrected chi connectivity index (χ3v) is 7.37. The van der Waals surface area contributed by atoms with Gasteiger partial charge in [-0.15, -0.1) is 0 Å². The minimum Gasteiger partial charge on any atom is -0.308 e. The number of rotatable bonds is 3. The van der Waals surface area contributed by atoms with Gasteiger partial charge in [-0.1, -0.05) is 48.0 Å². The van der Waals surface area contributed by atoms with Gasteiger partial charge in [0, 0.05) is 31.2 Å². The van der Waals surface area contributed by atoms with E-state index in [-0.39, 0.29) is 5.41 Å². The van der Waals surface area contributed by atoms with E-state index in [1.807, 2.05) is 18.2 Å². The Morgan fingerprint density at radius 1 is 1.10 bits per heavy atom. The molecule has 6 rings (SSSR count). The molecule has 1 aliphatic carbocycles. The molecule has 3 fully saturated rings. The first kappa shape index (κ1) is 17.0. The fraction of sp³-hybridized carbons (Fsp3) is 0.320. The van der Waals surface area contributed by atoms with Gasteiger partial charge in [-0.2, -0.15) is 0 Å². The third-order valence-electron chi connectivity index (χ3n) is 7.37. The molecule has 3 aliphatic heterocycles. The number of para-hydroxylation sites is 2. The molecular formula is C25H26N4. The quantitative estimate of drug-likeness (QED) is 0.604. The second-order valence-corrected chi connectivity index (χ2v) is 8.57. The Balaban J connectivity index is 1.44. The lowest BCUT2D eigenvalue weighted by atomic mass is 9.59. The molecule has 3 atom stereocenters. The Morgan fingerprint density at radius 3 is 2.79 bits per heavy atom. The zero-order valence-electron chi connectivity index (χ0n) is 16.7. The van der Waals surface area contributed by atoms with E-state index >= 15 is 0 Å². The van der Waals surface area contributed by atoms with Crippen LogP contribution in [0.25, 0.3) is 0 Å². The standard InChI is InChI=1S/C25H26N4/c1-2-17-16-29-13-12-25-21-10-6-7-11-22(21)27-24(25)20(19(17)14-23(25)29)15-26-28-18-8-4-3-5-9-18/h2-11,15,19,23,26,28H,12-14,16H2,1H3/b17-2+,20-15-/t19-,23-,25?/m0/s1. The lowest BCUT2D eigenvalue weighted by molar-refractivity contribution is 0.179. The minimum absolute atomic E-state index is 0.0621. The first-order chi connectivity index (χ1) is 14.3. The van der Waals surface area contributed by atoms with Crippen molar-refractivity contribution in [3.8, 4) is 0 Å². The molecule has 0 aromatic heterocycles. The number of hydrogen-bond acceptors (Lipinski definition) is 4. The number of aliphatic imine (C=N–C) groups is 1. The van der Waals surface area contributed by atoms with Gasteiger partial charge in [-0.25, -0.2) is 0 Å². The number of fused-ring (bicyclic) bond motifs is 2. The van der Waals surface area contributed by atoms with Gasteiger partial charge in [0.05, 0.1) is 22.5 Å². The maximum absolute atomic E-state index is 5.23. The van der Waals surface area contributed by atoms with Crippen molar-refractivity contribution in [1.82, 2.24) is 10.3 Å². The van der Waals surface area contributed by atoms with E-state index in [1.54, 1.807) is 0 Å². The highest BCUT2D eigenvalue weighted by atomic mass is 15.3. The fourth-order valence-corrected chi connectivity index (χ4v) is 6.09. The number of piperidine rings is 1. The normalized spacial score (nSPS) is 32.1. The Labute approximate surface area is 172 Å². The summed E-state index contributed by atoms with van der Waals surface area (Å²) >= 11 is 0. The van der Waals surface area contributed by atoms with E-state index < -0.39 is 0 Å². The van der Waals surface area contributed by atoms with E-state index in [0.717, 1.165) is 18.8 Å². The van der Waals surface area contributed by atoms with Crippen LogP contribution in [-0.2, 0) is 5.41 Å². The lowest BCUT2D eigenvalue weighted by Gasteiger charge is -2.49. The van der Waals surface area contributed by atoms with E-state index in [9.17, 15) is 0 Å². The summed E-state index contributed by atoms with van der Waals surface area (Å²) in [5.41, 5.74) is 14.6. The summed E-state index contributed by atoms with van der Waals surface area (Å²) in [6.07, 6.45) is 6.86. The summed E-state index contributed by atoms with van der Waals surface area (Å²) in [7, 11) is 0. The average molecular weight is 383 g/mol. The van der Waals surface area contributed by atoms with Crippen LogP contribution in [-0.4, -0.2) is 29.7 Å². The smallest absolute Gasteiger partial charge is 0.0675 e. The van der Waals surface area contributed by atoms with Gasteiger partial charge in [-0.3, -0.25) is 9.89 Å². The van der Waals surface area contributed by atoms with Crippen molar-refractivity contribution in [3.63, 3.8) is 0 Å². The molecule has 4 aliphatic rings. The molecule has 4 heteroatoms. The highest BCUT2D eigenvalue weighted by Gasteiger charge is 2.61. The van der Waals surface area contributed by atoms with Crippen LogP contribution < -0.4 is 10.9 Å². The molecule has 29 heavy (non-hydrogen) atoms. The molecule has 1 unspecified atom stereocenters. The molecule has 2 aromatic carbocycles. The molecule has 0 radical (unpaired) electrons. The molecule has 4 nitrogen and oxygen atoms in total. The summed E-state index contributed by atoms with van der Waals surface area (Å²) in [6, 6.07) is 19.6. The zero-order chi connectivity index (χ0) is 19.4. The predicted octanol–water partition coefficient (Wildman–Crippen LogP) is 4.57. The minimum atomic E-state index is 0.0621. The highest BCUT2D eigenvalue weighted by molar-refractivity contribution is 6.15. The zero-order valence-corrected chi connectivity index (χ0v) is 16.7. The first-order valence-electron chi connectivity index (χ1n) is 10.7. The van der Waals surface area contributed by atoms with Crippen molar-refractivity contribution in [2.24, 2.45) is 10.9 Å². The first-order valence-corrected chi connectivity index (χ1v) is 10.7. The molecule has 2 aromatic rings. The molecule has 2 saturated heterocycles. The Hall–Kier alpha value is -2.85. The molecule has 1 saturated carbocycles. The number of hydrazine groups is 1. The summed E-state index contributed by atoms with van der Waals surface area (Å²) in [4.78, 5) is 7.93. The molecule has 0 amide bonds. The number of nitrogens with zero attached hydrogens (tertiary/aromatic N) is 2. The topological polar surface area (TPSA) is 39.7 Å². The summed E-state index contributed by atoms with van der Waals surface area (Å²) in [5.74, 6) is 0.450. The average Bonchev–Trinajstić information content (AvgIpc) is 3.32. The van der Waals surface area contributed by atoms with E-state index in [4.69, 9.17) is 4.99 Å². The monoisotopic (exact) mass is 382 g/mol. The Morgan fingerprint density at radius 2 is 1.93 bits per heavy atom.